The van der Waals surface area contributed by atoms with Gasteiger partial charge in [-0.1, -0.05) is 389 Å². The van der Waals surface area contributed by atoms with E-state index in [-0.39, 0.29) is 21.7 Å². The van der Waals surface area contributed by atoms with Gasteiger partial charge in [0.1, 0.15) is 0 Å². The van der Waals surface area contributed by atoms with Crippen LogP contribution in [0.25, 0.3) is 0 Å². The van der Waals surface area contributed by atoms with Crippen LogP contribution < -0.4 is 0 Å². The summed E-state index contributed by atoms with van der Waals surface area (Å²) in [5.74, 6) is -12.0. The Labute approximate surface area is 716 Å². The van der Waals surface area contributed by atoms with Gasteiger partial charge in [-0.05, 0) is 182 Å². The van der Waals surface area contributed by atoms with E-state index in [2.05, 4.69) is 312 Å². The van der Waals surface area contributed by atoms with Crippen LogP contribution >= 0.6 is 17.2 Å². The summed E-state index contributed by atoms with van der Waals surface area (Å²) < 4.78 is 85.9. The van der Waals surface area contributed by atoms with E-state index < -0.39 is 125 Å². The lowest BCUT2D eigenvalue weighted by atomic mass is 9.47. The van der Waals surface area contributed by atoms with Crippen molar-refractivity contribution in [3.63, 3.8) is 0 Å². The van der Waals surface area contributed by atoms with Crippen LogP contribution in [0.5, 0.6) is 0 Å². The molecule has 12 nitrogen and oxygen atoms in total. The lowest BCUT2D eigenvalue weighted by Crippen LogP contribution is -2.96. The maximum absolute atomic E-state index is 14.0. The molecule has 8 aliphatic heterocycles. The highest BCUT2D eigenvalue weighted by atomic mass is 31.2. The van der Waals surface area contributed by atoms with E-state index in [1.807, 2.05) is 13.8 Å². The van der Waals surface area contributed by atoms with Crippen molar-refractivity contribution < 1.29 is 56.3 Å². The van der Waals surface area contributed by atoms with Crippen LogP contribution in [0.2, 0.25) is 0 Å². The average Bonchev–Trinajstić information content (AvgIpc) is 0.596. The van der Waals surface area contributed by atoms with E-state index in [1.54, 1.807) is 0 Å². The maximum Gasteiger partial charge on any atom is 0.346 e. The van der Waals surface area contributed by atoms with Gasteiger partial charge in [0, 0.05) is 16.5 Å². The van der Waals surface area contributed by atoms with Crippen LogP contribution in [0.3, 0.4) is 0 Å². The molecule has 4 unspecified atom stereocenters. The first-order valence-corrected chi connectivity index (χ1v) is 47.8. The van der Waals surface area contributed by atoms with E-state index in [0.29, 0.717) is 5.56 Å². The molecule has 117 heavy (non-hydrogen) atoms. The summed E-state index contributed by atoms with van der Waals surface area (Å²) in [6.07, 6.45) is 16.8. The van der Waals surface area contributed by atoms with Gasteiger partial charge in [-0.15, -0.1) is 0 Å². The van der Waals surface area contributed by atoms with Crippen molar-refractivity contribution in [3.05, 3.63) is 138 Å². The second-order valence-corrected chi connectivity index (χ2v) is 51.0. The molecule has 0 saturated carbocycles. The first kappa shape index (κ1) is 96.5. The lowest BCUT2D eigenvalue weighted by Gasteiger charge is -2.82. The molecule has 0 aliphatic carbocycles. The van der Waals surface area contributed by atoms with Crippen molar-refractivity contribution in [2.24, 2.45) is 16.2 Å². The average molecular weight is 1660 g/mol. The summed E-state index contributed by atoms with van der Waals surface area (Å²) in [6, 6.07) is 20.1. The maximum atomic E-state index is 14.0. The molecular formula is C103H166O12P2. The van der Waals surface area contributed by atoms with Crippen molar-refractivity contribution in [2.75, 3.05) is 13.2 Å². The van der Waals surface area contributed by atoms with E-state index in [9.17, 15) is 19.7 Å². The van der Waals surface area contributed by atoms with Gasteiger partial charge in [-0.25, -0.2) is 0 Å². The standard InChI is InChI=1S/C103H166O12P2/c1-41-45-49-53-91(29,30)67-57-71(83(5,6)7)79(72(58-67)84(8,9)10)97(80-73(85(11,12)13)59-68(60-74(80)86(14,15)16)92(31,32)54-50-46-42-2)100-99(82-77(89(23,24)25)63-70(64-78(82)90(26,27)28)94(35,36)56-52-48-44-4,110-116-112-102(100,113-116)108-101(96(39,40)66-105)109-103(100)114-117(111-101)115-103)107-98(106-97,95(37,38)65-104)81-75(87(17,18)19)61-69(62-76(81)88(20,21)22)93(33,34)55-51-47-43-3/h57-64,104-105H,41-56,65-66H2,1-40H3. The van der Waals surface area contributed by atoms with Crippen LogP contribution in [-0.2, 0) is 128 Å². The molecule has 660 valence electrons. The number of hydrogen-bond acceptors (Lipinski definition) is 12. The van der Waals surface area contributed by atoms with Crippen molar-refractivity contribution in [3.8, 4) is 0 Å². The second-order valence-electron chi connectivity index (χ2n) is 49.0. The van der Waals surface area contributed by atoms with Crippen molar-refractivity contribution in [2.45, 2.75) is 480 Å². The Balaban J connectivity index is 1.76. The van der Waals surface area contributed by atoms with Gasteiger partial charge in [-0.2, -0.15) is 0 Å². The topological polar surface area (TPSA) is 133 Å². The number of ether oxygens (including phenoxy) is 4. The monoisotopic (exact) mass is 1660 g/mol. The Kier molecular flexibility index (Phi) is 25.9. The quantitative estimate of drug-likeness (QED) is 0.0414. The zero-order chi connectivity index (χ0) is 88.3. The first-order valence-electron chi connectivity index (χ1n) is 45.7. The van der Waals surface area contributed by atoms with E-state index >= 15 is 0 Å². The van der Waals surface area contributed by atoms with E-state index in [0.717, 1.165) is 164 Å². The van der Waals surface area contributed by atoms with Crippen molar-refractivity contribution in [1.29, 1.82) is 0 Å². The number of aliphatic hydroxyl groups excluding tert-OH is 2. The molecule has 8 fully saturated rings. The van der Waals surface area contributed by atoms with Gasteiger partial charge in [0.05, 0.1) is 18.6 Å². The number of unbranched alkanes of at least 4 members (excludes halogenated alkanes) is 8. The Morgan fingerprint density at radius 1 is 0.274 bits per heavy atom. The van der Waals surface area contributed by atoms with Crippen LogP contribution in [0, 0.1) is 16.2 Å². The molecule has 8 saturated heterocycles. The van der Waals surface area contributed by atoms with Gasteiger partial charge in [-0.3, -0.25) is 36.6 Å². The van der Waals surface area contributed by atoms with Crippen molar-refractivity contribution in [1.82, 2.24) is 0 Å². The molecule has 0 aromatic heterocycles. The predicted octanol–water partition coefficient (Wildman–Crippen LogP) is 29.1. The normalized spacial score (nSPS) is 26.2. The summed E-state index contributed by atoms with van der Waals surface area (Å²) in [5.41, 5.74) is 0.697. The van der Waals surface area contributed by atoms with Crippen molar-refractivity contribution >= 4 is 17.2 Å². The van der Waals surface area contributed by atoms with Crippen LogP contribution in [0.15, 0.2) is 48.5 Å². The summed E-state index contributed by atoms with van der Waals surface area (Å²) >= 11 is 0. The third-order valence-electron chi connectivity index (χ3n) is 27.9. The number of hydrogen-bond donors (Lipinski definition) is 2. The lowest BCUT2D eigenvalue weighted by molar-refractivity contribution is -0.736. The zero-order valence-electron chi connectivity index (χ0n) is 81.7. The molecule has 4 aromatic rings. The third-order valence-corrected chi connectivity index (χ3v) is 30.2. The Morgan fingerprint density at radius 2 is 0.513 bits per heavy atom. The summed E-state index contributed by atoms with van der Waals surface area (Å²) in [7, 11) is -5.04. The molecule has 14 heteroatoms. The van der Waals surface area contributed by atoms with E-state index in [4.69, 9.17) is 36.6 Å². The molecule has 8 heterocycles. The van der Waals surface area contributed by atoms with Gasteiger partial charge < -0.3 is 19.7 Å². The van der Waals surface area contributed by atoms with Crippen LogP contribution in [-0.4, -0.2) is 41.3 Å². The molecule has 2 N–H and O–H groups in total. The Morgan fingerprint density at radius 3 is 0.752 bits per heavy atom. The Hall–Kier alpha value is -2.74. The van der Waals surface area contributed by atoms with Crippen LogP contribution in [0.4, 0.5) is 0 Å². The van der Waals surface area contributed by atoms with Crippen LogP contribution in [0.1, 0.15) is 469 Å². The minimum absolute atomic E-state index is 0.307. The zero-order valence-corrected chi connectivity index (χ0v) is 83.5. The molecule has 5 bridgehead atoms. The molecule has 4 aromatic carbocycles. The minimum Gasteiger partial charge on any atom is -0.396 e. The fourth-order valence-corrected chi connectivity index (χ4v) is 22.6. The number of benzene rings is 4. The first-order chi connectivity index (χ1) is 53.1. The molecule has 8 aliphatic rings. The molecule has 0 amide bonds. The molecule has 3 spiro atoms. The van der Waals surface area contributed by atoms with Gasteiger partial charge >= 0.3 is 35.1 Å². The minimum atomic E-state index is -2.59. The SMILES string of the molecule is CCCCCC(C)(C)c1cc(C(C)(C)C)c(C2(C(C)(C)CO)OC3(c4c(C(C)(C)C)cc(C(C)(C)CCCCC)cc4C(C)(C)C)OP4OC5(O4)OC4(C(C)(C)CO)OP6OC(O6)(O4)C53C(c3c(C(C)(C)C)cc(C(C)(C)CCCCC)cc3C(C)(C)C)(c3c(C(C)(C)C)cc(C(C)(C)CCCCC)cc3C(C)(C)C)O2)c(C(C)(C)C)c1. The molecular weight excluding hydrogens is 1490 g/mol. The number of rotatable bonds is 28. The number of aliphatic hydroxyl groups is 2. The fourth-order valence-electron chi connectivity index (χ4n) is 19.9. The predicted molar refractivity (Wildman–Crippen MR) is 485 cm³/mol. The van der Waals surface area contributed by atoms with Gasteiger partial charge in [0.15, 0.2) is 5.60 Å². The summed E-state index contributed by atoms with van der Waals surface area (Å²) in [4.78, 5) is 0. The summed E-state index contributed by atoms with van der Waals surface area (Å²) in [6.45, 7) is 92.3. The molecule has 12 rings (SSSR count). The highest BCUT2D eigenvalue weighted by Crippen LogP contribution is 2.95. The summed E-state index contributed by atoms with van der Waals surface area (Å²) in [5, 5.41) is 26.4. The second kappa shape index (κ2) is 31.4. The highest BCUT2D eigenvalue weighted by molar-refractivity contribution is 7.43. The van der Waals surface area contributed by atoms with E-state index in [1.165, 1.54) is 22.3 Å². The third kappa shape index (κ3) is 16.1. The smallest absolute Gasteiger partial charge is 0.346 e. The fraction of sp³-hybridized carbons (Fsp3) is 0.767. The molecule has 4 atom stereocenters. The van der Waals surface area contributed by atoms with Gasteiger partial charge in [0.25, 0.3) is 0 Å². The largest absolute Gasteiger partial charge is 0.396 e. The Bertz CT molecular complexity index is 4000. The highest BCUT2D eigenvalue weighted by Gasteiger charge is 3.05. The van der Waals surface area contributed by atoms with Gasteiger partial charge in [0.2, 0.25) is 17.0 Å². The molecule has 0 radical (unpaired) electrons.